The number of benzene rings is 1. The van der Waals surface area contributed by atoms with E-state index in [1.165, 1.54) is 0 Å². The average Bonchev–Trinajstić information content (AvgIpc) is 2.97. The van der Waals surface area contributed by atoms with Crippen LogP contribution in [-0.2, 0) is 16.0 Å². The number of fused-ring (bicyclic) bond motifs is 3. The maximum Gasteiger partial charge on any atom is 0.323 e. The quantitative estimate of drug-likeness (QED) is 0.654. The molecule has 5 atom stereocenters. The minimum absolute atomic E-state index is 0.229. The Morgan fingerprint density at radius 1 is 1.43 bits per heavy atom. The van der Waals surface area contributed by atoms with E-state index in [0.717, 1.165) is 14.2 Å². The van der Waals surface area contributed by atoms with Crippen molar-refractivity contribution < 1.29 is 49.2 Å². The SMILES string of the molecule is [2H]c1c2c(c([2H])c(OC)c1OC)C1([2H])N(CC2)C([2H])([2H])C([2H])(C([2H])([2H])C([2H])(C)C([2H])([2H])[2H])C(OC(=O)[C@@]([2H])(N)C([2H])(C([2H])([2H])[2H])C([2H])([2H])[2H])C1([2H])[2H]. The van der Waals surface area contributed by atoms with E-state index in [1.54, 1.807) is 0 Å². The molecule has 6 heteroatoms. The molecule has 0 spiro atoms. The molecule has 2 aliphatic rings. The zero-order valence-corrected chi connectivity index (χ0v) is 16.6. The Bertz CT molecular complexity index is 1590. The fraction of sp³-hybridized carbons (Fsp3) is 0.708. The van der Waals surface area contributed by atoms with E-state index < -0.39 is 118 Å². The van der Waals surface area contributed by atoms with Crippen LogP contribution in [-0.4, -0.2) is 50.3 Å². The number of nitrogens with two attached hydrogens (primary N) is 1. The number of methoxy groups -OCH3 is 2. The van der Waals surface area contributed by atoms with E-state index in [4.69, 9.17) is 41.9 Å². The van der Waals surface area contributed by atoms with Crippen LogP contribution in [0.1, 0.15) is 87.5 Å². The summed E-state index contributed by atoms with van der Waals surface area (Å²) in [5.41, 5.74) is 4.49. The first kappa shape index (κ1) is 7.66. The number of hydrogen-bond donors (Lipinski definition) is 1. The maximum atomic E-state index is 13.9. The van der Waals surface area contributed by atoms with Crippen molar-refractivity contribution >= 4 is 5.97 Å². The molecule has 0 bridgehead atoms. The van der Waals surface area contributed by atoms with Gasteiger partial charge in [-0.25, -0.2) is 0 Å². The summed E-state index contributed by atoms with van der Waals surface area (Å²) in [6, 6.07) is -9.23. The summed E-state index contributed by atoms with van der Waals surface area (Å²) in [6.45, 7) is -16.3. The number of ether oxygens (including phenoxy) is 3. The molecule has 2 aliphatic heterocycles. The van der Waals surface area contributed by atoms with Crippen LogP contribution >= 0.6 is 0 Å². The minimum atomic E-state index is -4.31. The van der Waals surface area contributed by atoms with Crippen LogP contribution in [0.3, 0.4) is 0 Å². The number of rotatable bonds is 7. The van der Waals surface area contributed by atoms with Crippen molar-refractivity contribution in [1.82, 2.24) is 4.90 Å². The predicted molar refractivity (Wildman–Crippen MR) is 118 cm³/mol. The molecule has 4 unspecified atom stereocenters. The van der Waals surface area contributed by atoms with Gasteiger partial charge in [-0.1, -0.05) is 27.5 Å². The predicted octanol–water partition coefficient (Wildman–Crippen LogP) is 3.56. The molecule has 30 heavy (non-hydrogen) atoms. The lowest BCUT2D eigenvalue weighted by Crippen LogP contribution is -2.51. The molecular weight excluding hydrogens is 380 g/mol. The normalized spacial score (nSPS) is 49.0. The van der Waals surface area contributed by atoms with Gasteiger partial charge >= 0.3 is 5.97 Å². The highest BCUT2D eigenvalue weighted by molar-refractivity contribution is 5.76. The molecule has 0 radical (unpaired) electrons. The molecule has 1 saturated heterocycles. The molecule has 0 saturated carbocycles. The van der Waals surface area contributed by atoms with Crippen LogP contribution < -0.4 is 15.2 Å². The van der Waals surface area contributed by atoms with Crippen LogP contribution in [0.4, 0.5) is 0 Å². The minimum Gasteiger partial charge on any atom is -0.493 e. The lowest BCUT2D eigenvalue weighted by atomic mass is 9.79. The zero-order valence-electron chi connectivity index (χ0n) is 38.6. The molecule has 0 aromatic heterocycles. The maximum absolute atomic E-state index is 13.9. The van der Waals surface area contributed by atoms with Crippen molar-refractivity contribution in [2.24, 2.45) is 23.4 Å². The second kappa shape index (κ2) is 9.56. The molecule has 3 rings (SSSR count). The largest absolute Gasteiger partial charge is 0.493 e. The summed E-state index contributed by atoms with van der Waals surface area (Å²) < 4.78 is 202. The number of carbonyl (C=O) groups is 1. The smallest absolute Gasteiger partial charge is 0.323 e. The summed E-state index contributed by atoms with van der Waals surface area (Å²) in [5.74, 6) is -15.7. The van der Waals surface area contributed by atoms with Crippen molar-refractivity contribution in [3.05, 3.63) is 23.2 Å². The van der Waals surface area contributed by atoms with Crippen molar-refractivity contribution in [1.29, 1.82) is 0 Å². The van der Waals surface area contributed by atoms with Gasteiger partial charge in [-0.15, -0.1) is 0 Å². The fourth-order valence-electron chi connectivity index (χ4n) is 2.97. The Balaban J connectivity index is 2.59. The van der Waals surface area contributed by atoms with Crippen LogP contribution in [0.25, 0.3) is 0 Å². The summed E-state index contributed by atoms with van der Waals surface area (Å²) >= 11 is 0. The monoisotopic (exact) mass is 440 g/mol. The first-order valence-corrected chi connectivity index (χ1v) is 8.85. The molecule has 1 fully saturated rings. The highest BCUT2D eigenvalue weighted by atomic mass is 16.5. The van der Waals surface area contributed by atoms with Crippen LogP contribution in [0, 0.1) is 17.7 Å². The number of piperidine rings is 1. The zero-order chi connectivity index (χ0) is 41.2. The summed E-state index contributed by atoms with van der Waals surface area (Å²) in [4.78, 5) is 14.1. The van der Waals surface area contributed by atoms with Gasteiger partial charge in [0.1, 0.15) is 12.1 Å². The third-order valence-corrected chi connectivity index (χ3v) is 4.33. The molecule has 6 nitrogen and oxygen atoms in total. The second-order valence-corrected chi connectivity index (χ2v) is 6.41. The van der Waals surface area contributed by atoms with E-state index in [1.807, 2.05) is 0 Å². The number of nitrogens with zero attached hydrogens (tertiary/aromatic N) is 1. The molecule has 2 heterocycles. The molecular formula is C24H38N2O4. The summed E-state index contributed by atoms with van der Waals surface area (Å²) in [7, 11) is 2.12. The Hall–Kier alpha value is -1.79. The van der Waals surface area contributed by atoms with Crippen LogP contribution in [0.5, 0.6) is 11.5 Å². The Kier molecular flexibility index (Phi) is 2.44. The average molecular weight is 441 g/mol. The Morgan fingerprint density at radius 3 is 2.83 bits per heavy atom. The third kappa shape index (κ3) is 4.75. The lowest BCUT2D eigenvalue weighted by molar-refractivity contribution is -0.160. The molecule has 168 valence electrons. The van der Waals surface area contributed by atoms with E-state index in [-0.39, 0.29) is 16.2 Å². The van der Waals surface area contributed by atoms with Gasteiger partial charge in [-0.05, 0) is 47.8 Å². The first-order chi connectivity index (χ1) is 22.8. The van der Waals surface area contributed by atoms with Gasteiger partial charge in [0.15, 0.2) is 11.5 Å². The standard InChI is InChI=1S/C24H38N2O4/c1-14(2)9-17-13-26-8-7-16-10-21(28-5)22(29-6)11-18(16)19(26)12-20(17)30-24(27)23(25)15(3)4/h10-11,14-15,17,19-20,23H,7-9,12-13,25H2,1-6H3/t17?,19?,20?,23-/m0/s1/i1D3,3D3,4D3,9D2,10D,11D,12D2,13D2,14D,15D,17D,19D,23D/t14?,17?,19?,20?,23-. The molecule has 2 N–H and O–H groups in total. The number of hydrogen-bond acceptors (Lipinski definition) is 6. The lowest BCUT2D eigenvalue weighted by Gasteiger charge is -2.47. The van der Waals surface area contributed by atoms with Gasteiger partial charge in [-0.2, -0.15) is 0 Å². The highest BCUT2D eigenvalue weighted by Crippen LogP contribution is 2.44. The van der Waals surface area contributed by atoms with E-state index >= 15 is 0 Å². The highest BCUT2D eigenvalue weighted by Gasteiger charge is 2.41. The van der Waals surface area contributed by atoms with E-state index in [0.29, 0.717) is 6.92 Å². The first-order valence-electron chi connectivity index (χ1n) is 19.9. The second-order valence-electron chi connectivity index (χ2n) is 6.41. The Morgan fingerprint density at radius 2 is 2.17 bits per heavy atom. The van der Waals surface area contributed by atoms with Crippen molar-refractivity contribution in [2.75, 3.05) is 27.3 Å². The Labute approximate surface area is 211 Å². The molecule has 1 aromatic carbocycles. The van der Waals surface area contributed by atoms with Gasteiger partial charge in [0, 0.05) is 56.0 Å². The van der Waals surface area contributed by atoms with Gasteiger partial charge in [-0.3, -0.25) is 9.69 Å². The summed E-state index contributed by atoms with van der Waals surface area (Å²) in [5, 5.41) is 0. The van der Waals surface area contributed by atoms with Crippen molar-refractivity contribution in [3.63, 3.8) is 0 Å². The number of carbonyl (C=O) groups excluding carboxylic acids is 1. The van der Waals surface area contributed by atoms with Gasteiger partial charge in [0.25, 0.3) is 0 Å². The fourth-order valence-corrected chi connectivity index (χ4v) is 2.97. The number of esters is 1. The summed E-state index contributed by atoms with van der Waals surface area (Å²) in [6.07, 6.45) is -12.3. The third-order valence-electron chi connectivity index (χ3n) is 4.33. The molecule has 0 aliphatic carbocycles. The van der Waals surface area contributed by atoms with Gasteiger partial charge in [0.05, 0.1) is 19.7 Å². The van der Waals surface area contributed by atoms with Crippen molar-refractivity contribution in [2.45, 2.75) is 64.8 Å². The van der Waals surface area contributed by atoms with Crippen molar-refractivity contribution in [3.8, 4) is 11.5 Å². The van der Waals surface area contributed by atoms with Crippen LogP contribution in [0.2, 0.25) is 0 Å². The van der Waals surface area contributed by atoms with E-state index in [2.05, 4.69) is 0 Å². The molecule has 0 amide bonds. The topological polar surface area (TPSA) is 74.0 Å². The van der Waals surface area contributed by atoms with Gasteiger partial charge < -0.3 is 19.9 Å². The van der Waals surface area contributed by atoms with Gasteiger partial charge in [0.2, 0.25) is 0 Å². The molecule has 1 aromatic rings. The van der Waals surface area contributed by atoms with Crippen LogP contribution in [0.15, 0.2) is 12.1 Å². The van der Waals surface area contributed by atoms with E-state index in [9.17, 15) is 13.0 Å².